The highest BCUT2D eigenvalue weighted by molar-refractivity contribution is 9.10. The summed E-state index contributed by atoms with van der Waals surface area (Å²) >= 11 is 16.3. The lowest BCUT2D eigenvalue weighted by atomic mass is 10.0. The normalized spacial score (nSPS) is 15.1. The second-order valence-corrected chi connectivity index (χ2v) is 9.19. The Kier molecular flexibility index (Phi) is 7.63. The summed E-state index contributed by atoms with van der Waals surface area (Å²) in [6.45, 7) is 6.22. The number of hydrogen-bond donors (Lipinski definition) is 0. The molecule has 0 unspecified atom stereocenters. The third-order valence-corrected chi connectivity index (χ3v) is 6.81. The number of nitrogens with zero attached hydrogens (tertiary/aromatic N) is 1. The van der Waals surface area contributed by atoms with E-state index in [2.05, 4.69) is 22.5 Å². The third kappa shape index (κ3) is 4.75. The van der Waals surface area contributed by atoms with Crippen LogP contribution in [0.25, 0.3) is 6.08 Å². The zero-order valence-corrected chi connectivity index (χ0v) is 20.4. The molecule has 4 nitrogen and oxygen atoms in total. The van der Waals surface area contributed by atoms with Crippen molar-refractivity contribution in [3.05, 3.63) is 68.5 Å². The van der Waals surface area contributed by atoms with Crippen LogP contribution in [0.3, 0.4) is 0 Å². The van der Waals surface area contributed by atoms with Crippen molar-refractivity contribution in [2.45, 2.75) is 13.3 Å². The van der Waals surface area contributed by atoms with Crippen molar-refractivity contribution in [2.24, 2.45) is 0 Å². The number of methoxy groups -OCH3 is 1. The fourth-order valence-electron chi connectivity index (χ4n) is 3.03. The highest BCUT2D eigenvalue weighted by Gasteiger charge is 2.33. The van der Waals surface area contributed by atoms with Crippen molar-refractivity contribution in [1.82, 2.24) is 0 Å². The lowest BCUT2D eigenvalue weighted by molar-refractivity contribution is -0.113. The van der Waals surface area contributed by atoms with E-state index in [0.717, 1.165) is 15.6 Å². The molecule has 1 fully saturated rings. The third-order valence-electron chi connectivity index (χ3n) is 4.28. The maximum atomic E-state index is 13.1. The predicted molar refractivity (Wildman–Crippen MR) is 133 cm³/mol. The summed E-state index contributed by atoms with van der Waals surface area (Å²) in [7, 11) is 1.61. The summed E-state index contributed by atoms with van der Waals surface area (Å²) < 4.78 is 12.5. The van der Waals surface area contributed by atoms with E-state index in [-0.39, 0.29) is 5.91 Å². The largest absolute Gasteiger partial charge is 0.493 e. The average molecular weight is 525 g/mol. The Bertz CT molecular complexity index is 1050. The fourth-order valence-corrected chi connectivity index (χ4v) is 4.75. The summed E-state index contributed by atoms with van der Waals surface area (Å²) in [5, 5.41) is 0.510. The first-order valence-electron chi connectivity index (χ1n) is 9.07. The number of benzene rings is 2. The zero-order valence-electron chi connectivity index (χ0n) is 16.4. The van der Waals surface area contributed by atoms with Gasteiger partial charge in [-0.1, -0.05) is 41.7 Å². The number of amides is 1. The number of ether oxygens (including phenoxy) is 2. The van der Waals surface area contributed by atoms with Crippen LogP contribution in [0, 0.1) is 0 Å². The quantitative estimate of drug-likeness (QED) is 0.230. The van der Waals surface area contributed by atoms with Crippen LogP contribution >= 0.6 is 51.5 Å². The molecule has 0 aromatic heterocycles. The Balaban J connectivity index is 2.00. The second kappa shape index (κ2) is 10.0. The van der Waals surface area contributed by atoms with Crippen molar-refractivity contribution < 1.29 is 14.3 Å². The van der Waals surface area contributed by atoms with Crippen molar-refractivity contribution in [3.8, 4) is 11.5 Å². The lowest BCUT2D eigenvalue weighted by Crippen LogP contribution is -2.27. The lowest BCUT2D eigenvalue weighted by Gasteiger charge is -2.15. The minimum Gasteiger partial charge on any atom is -0.493 e. The smallest absolute Gasteiger partial charge is 0.270 e. The first kappa shape index (κ1) is 22.9. The van der Waals surface area contributed by atoms with Gasteiger partial charge in [-0.3, -0.25) is 9.69 Å². The highest BCUT2D eigenvalue weighted by atomic mass is 79.9. The number of rotatable bonds is 7. The van der Waals surface area contributed by atoms with Gasteiger partial charge in [0.15, 0.2) is 15.8 Å². The van der Waals surface area contributed by atoms with E-state index in [1.165, 1.54) is 16.7 Å². The van der Waals surface area contributed by atoms with Crippen molar-refractivity contribution in [2.75, 3.05) is 18.6 Å². The van der Waals surface area contributed by atoms with Crippen LogP contribution in [0.5, 0.6) is 11.5 Å². The molecule has 2 aromatic rings. The molecule has 1 saturated heterocycles. The fraction of sp³-hybridized carbons (Fsp3) is 0.182. The molecule has 2 aromatic carbocycles. The molecule has 1 heterocycles. The Morgan fingerprint density at radius 3 is 2.73 bits per heavy atom. The molecule has 3 rings (SSSR count). The van der Waals surface area contributed by atoms with Gasteiger partial charge in [0.2, 0.25) is 0 Å². The molecule has 1 amide bonds. The molecular weight excluding hydrogens is 506 g/mol. The van der Waals surface area contributed by atoms with E-state index in [4.69, 9.17) is 33.3 Å². The first-order valence-corrected chi connectivity index (χ1v) is 11.5. The molecule has 0 radical (unpaired) electrons. The minimum atomic E-state index is -0.192. The van der Waals surface area contributed by atoms with Crippen molar-refractivity contribution >= 4 is 73.5 Å². The van der Waals surface area contributed by atoms with E-state index >= 15 is 0 Å². The maximum absolute atomic E-state index is 13.1. The van der Waals surface area contributed by atoms with Gasteiger partial charge in [-0.15, -0.1) is 6.58 Å². The Morgan fingerprint density at radius 2 is 2.10 bits per heavy atom. The maximum Gasteiger partial charge on any atom is 0.270 e. The summed E-state index contributed by atoms with van der Waals surface area (Å²) in [5.41, 5.74) is 2.39. The second-order valence-electron chi connectivity index (χ2n) is 6.25. The van der Waals surface area contributed by atoms with Gasteiger partial charge in [0.05, 0.1) is 29.3 Å². The van der Waals surface area contributed by atoms with E-state index in [0.29, 0.717) is 44.5 Å². The van der Waals surface area contributed by atoms with Crippen LogP contribution in [-0.4, -0.2) is 23.9 Å². The molecule has 8 heteroatoms. The highest BCUT2D eigenvalue weighted by Crippen LogP contribution is 2.39. The molecule has 0 bridgehead atoms. The van der Waals surface area contributed by atoms with Gasteiger partial charge in [0, 0.05) is 10.0 Å². The summed E-state index contributed by atoms with van der Waals surface area (Å²) in [6, 6.07) is 9.12. The number of thiocarbonyl (C=S) groups is 1. The van der Waals surface area contributed by atoms with E-state index < -0.39 is 0 Å². The SMILES string of the molecule is C=CCc1cc(/C=C2/SC(=S)N(c3ccc(Br)c(Cl)c3)C2=O)cc(OCC)c1OC. The monoisotopic (exact) mass is 523 g/mol. The van der Waals surface area contributed by atoms with Crippen LogP contribution in [0.1, 0.15) is 18.1 Å². The first-order chi connectivity index (χ1) is 14.4. The van der Waals surface area contributed by atoms with Gasteiger partial charge in [-0.2, -0.15) is 0 Å². The number of halogens is 2. The Morgan fingerprint density at radius 1 is 1.33 bits per heavy atom. The van der Waals surface area contributed by atoms with Crippen molar-refractivity contribution in [1.29, 1.82) is 0 Å². The number of allylic oxidation sites excluding steroid dienone is 1. The standard InChI is InChI=1S/C22H19BrClNO3S2/c1-4-6-14-9-13(10-18(28-5-2)20(14)27-3)11-19-21(26)25(22(29)30-19)15-7-8-16(23)17(24)12-15/h4,7-12H,1,5-6H2,2-3H3/b19-11+. The van der Waals surface area contributed by atoms with Crippen molar-refractivity contribution in [3.63, 3.8) is 0 Å². The average Bonchev–Trinajstić information content (AvgIpc) is 2.98. The predicted octanol–water partition coefficient (Wildman–Crippen LogP) is 6.64. The summed E-state index contributed by atoms with van der Waals surface area (Å²) in [6.07, 6.45) is 4.23. The molecule has 1 aliphatic heterocycles. The topological polar surface area (TPSA) is 38.8 Å². The van der Waals surface area contributed by atoms with Gasteiger partial charge < -0.3 is 9.47 Å². The number of carbonyl (C=O) groups is 1. The van der Waals surface area contributed by atoms with Crippen LogP contribution in [0.15, 0.2) is 52.4 Å². The number of carbonyl (C=O) groups excluding carboxylic acids is 1. The van der Waals surface area contributed by atoms with Gasteiger partial charge in [0.1, 0.15) is 0 Å². The van der Waals surface area contributed by atoms with Gasteiger partial charge in [-0.05, 0) is 71.2 Å². The zero-order chi connectivity index (χ0) is 21.8. The summed E-state index contributed by atoms with van der Waals surface area (Å²) in [5.74, 6) is 1.11. The van der Waals surface area contributed by atoms with E-state index in [1.807, 2.05) is 25.1 Å². The molecule has 0 saturated carbocycles. The van der Waals surface area contributed by atoms with Gasteiger partial charge in [0.25, 0.3) is 5.91 Å². The number of thioether (sulfide) groups is 1. The molecular formula is C22H19BrClNO3S2. The molecule has 156 valence electrons. The van der Waals surface area contributed by atoms with Crippen LogP contribution in [0.2, 0.25) is 5.02 Å². The molecule has 0 aliphatic carbocycles. The Labute approximate surface area is 199 Å². The van der Waals surface area contributed by atoms with Crippen LogP contribution < -0.4 is 14.4 Å². The molecule has 0 spiro atoms. The molecule has 0 atom stereocenters. The van der Waals surface area contributed by atoms with Gasteiger partial charge in [-0.25, -0.2) is 0 Å². The molecule has 0 N–H and O–H groups in total. The number of hydrogen-bond acceptors (Lipinski definition) is 5. The van der Waals surface area contributed by atoms with E-state index in [9.17, 15) is 4.79 Å². The summed E-state index contributed by atoms with van der Waals surface area (Å²) in [4.78, 5) is 15.1. The van der Waals surface area contributed by atoms with E-state index in [1.54, 1.807) is 31.4 Å². The van der Waals surface area contributed by atoms with Gasteiger partial charge >= 0.3 is 0 Å². The van der Waals surface area contributed by atoms with Crippen LogP contribution in [0.4, 0.5) is 5.69 Å². The molecule has 1 aliphatic rings. The molecule has 30 heavy (non-hydrogen) atoms. The van der Waals surface area contributed by atoms with Crippen LogP contribution in [-0.2, 0) is 11.2 Å². The minimum absolute atomic E-state index is 0.192. The Hall–Kier alpha value is -1.80. The number of anilines is 1.